The number of hydrogen-bond acceptors (Lipinski definition) is 5. The summed E-state index contributed by atoms with van der Waals surface area (Å²) in [5.41, 5.74) is 1.52. The number of amides is 1. The largest absolute Gasteiger partial charge is 0.484 e. The fraction of sp³-hybridized carbons (Fsp3) is 0.294. The van der Waals surface area contributed by atoms with Crippen LogP contribution in [0.4, 0.5) is 5.69 Å². The number of nitrogens with zero attached hydrogens (tertiary/aromatic N) is 3. The normalized spacial score (nSPS) is 10.2. The van der Waals surface area contributed by atoms with Crippen LogP contribution in [0.1, 0.15) is 18.1 Å². The molecule has 0 saturated heterocycles. The molecular weight excluding hydrogens is 310 g/mol. The number of carbonyl (C=O) groups is 1. The van der Waals surface area contributed by atoms with Gasteiger partial charge in [-0.3, -0.25) is 19.9 Å². The summed E-state index contributed by atoms with van der Waals surface area (Å²) in [6.45, 7) is 4.46. The molecule has 0 spiro atoms. The minimum atomic E-state index is -0.447. The van der Waals surface area contributed by atoms with E-state index in [9.17, 15) is 14.9 Å². The van der Waals surface area contributed by atoms with Crippen molar-refractivity contribution in [2.75, 3.05) is 13.2 Å². The standard InChI is InChI=1S/C17H19N3O4/c1-3-19(11-14-6-8-18-9-7-14)17(21)12-24-15-4-5-16(20(22)23)13(2)10-15/h4-10H,3,11-12H2,1-2H3. The van der Waals surface area contributed by atoms with Crippen molar-refractivity contribution in [1.82, 2.24) is 9.88 Å². The summed E-state index contributed by atoms with van der Waals surface area (Å²) in [5.74, 6) is 0.289. The molecule has 1 heterocycles. The van der Waals surface area contributed by atoms with E-state index in [1.807, 2.05) is 19.1 Å². The zero-order valence-electron chi connectivity index (χ0n) is 13.6. The Labute approximate surface area is 140 Å². The number of carbonyl (C=O) groups excluding carboxylic acids is 1. The molecule has 1 aromatic heterocycles. The second kappa shape index (κ2) is 8.05. The Bertz CT molecular complexity index is 719. The van der Waals surface area contributed by atoms with Gasteiger partial charge in [0, 0.05) is 37.1 Å². The van der Waals surface area contributed by atoms with E-state index >= 15 is 0 Å². The van der Waals surface area contributed by atoms with Crippen molar-refractivity contribution in [3.63, 3.8) is 0 Å². The molecule has 0 radical (unpaired) electrons. The van der Waals surface area contributed by atoms with Crippen LogP contribution in [-0.4, -0.2) is 33.9 Å². The smallest absolute Gasteiger partial charge is 0.272 e. The summed E-state index contributed by atoms with van der Waals surface area (Å²) in [6.07, 6.45) is 3.37. The third kappa shape index (κ3) is 4.52. The van der Waals surface area contributed by atoms with Gasteiger partial charge < -0.3 is 9.64 Å². The van der Waals surface area contributed by atoms with E-state index in [0.717, 1.165) is 5.56 Å². The summed E-state index contributed by atoms with van der Waals surface area (Å²) in [4.78, 5) is 28.3. The van der Waals surface area contributed by atoms with E-state index in [4.69, 9.17) is 4.74 Å². The van der Waals surface area contributed by atoms with Gasteiger partial charge in [-0.2, -0.15) is 0 Å². The zero-order chi connectivity index (χ0) is 17.5. The minimum absolute atomic E-state index is 0.0292. The van der Waals surface area contributed by atoms with Crippen LogP contribution in [0.3, 0.4) is 0 Å². The molecule has 2 rings (SSSR count). The molecule has 0 aliphatic rings. The maximum absolute atomic E-state index is 12.3. The van der Waals surface area contributed by atoms with Gasteiger partial charge in [-0.25, -0.2) is 0 Å². The van der Waals surface area contributed by atoms with Crippen LogP contribution in [-0.2, 0) is 11.3 Å². The lowest BCUT2D eigenvalue weighted by atomic mass is 10.2. The highest BCUT2D eigenvalue weighted by molar-refractivity contribution is 5.77. The molecule has 126 valence electrons. The van der Waals surface area contributed by atoms with Crippen molar-refractivity contribution in [2.45, 2.75) is 20.4 Å². The van der Waals surface area contributed by atoms with Gasteiger partial charge in [0.15, 0.2) is 6.61 Å². The number of aryl methyl sites for hydroxylation is 1. The molecule has 7 heteroatoms. The van der Waals surface area contributed by atoms with Crippen molar-refractivity contribution >= 4 is 11.6 Å². The second-order valence-electron chi connectivity index (χ2n) is 5.26. The fourth-order valence-electron chi connectivity index (χ4n) is 2.24. The highest BCUT2D eigenvalue weighted by atomic mass is 16.6. The van der Waals surface area contributed by atoms with Crippen molar-refractivity contribution in [1.29, 1.82) is 0 Å². The zero-order valence-corrected chi connectivity index (χ0v) is 13.6. The quantitative estimate of drug-likeness (QED) is 0.576. The van der Waals surface area contributed by atoms with Crippen LogP contribution in [0.15, 0.2) is 42.7 Å². The van der Waals surface area contributed by atoms with Crippen LogP contribution < -0.4 is 4.74 Å². The molecule has 0 saturated carbocycles. The van der Waals surface area contributed by atoms with Crippen molar-refractivity contribution < 1.29 is 14.5 Å². The number of ether oxygens (including phenoxy) is 1. The topological polar surface area (TPSA) is 85.6 Å². The number of aromatic nitrogens is 1. The molecule has 0 N–H and O–H groups in total. The lowest BCUT2D eigenvalue weighted by molar-refractivity contribution is -0.385. The predicted molar refractivity (Wildman–Crippen MR) is 88.7 cm³/mol. The Morgan fingerprint density at radius 1 is 1.29 bits per heavy atom. The molecule has 0 fully saturated rings. The van der Waals surface area contributed by atoms with Crippen LogP contribution in [0.5, 0.6) is 5.75 Å². The van der Waals surface area contributed by atoms with Gasteiger partial charge in [-0.15, -0.1) is 0 Å². The number of nitro benzene ring substituents is 1. The highest BCUT2D eigenvalue weighted by Gasteiger charge is 2.15. The van der Waals surface area contributed by atoms with Gasteiger partial charge in [-0.1, -0.05) is 0 Å². The van der Waals surface area contributed by atoms with Crippen LogP contribution in [0, 0.1) is 17.0 Å². The molecular formula is C17H19N3O4. The van der Waals surface area contributed by atoms with E-state index in [1.54, 1.807) is 30.3 Å². The Hall–Kier alpha value is -2.96. The summed E-state index contributed by atoms with van der Waals surface area (Å²) < 4.78 is 5.48. The molecule has 1 aromatic carbocycles. The number of rotatable bonds is 7. The minimum Gasteiger partial charge on any atom is -0.484 e. The predicted octanol–water partition coefficient (Wildman–Crippen LogP) is 2.73. The first-order valence-electron chi connectivity index (χ1n) is 7.55. The average molecular weight is 329 g/mol. The Morgan fingerprint density at radius 2 is 2.00 bits per heavy atom. The average Bonchev–Trinajstić information content (AvgIpc) is 2.58. The maximum atomic E-state index is 12.3. The maximum Gasteiger partial charge on any atom is 0.272 e. The van der Waals surface area contributed by atoms with Gasteiger partial charge >= 0.3 is 0 Å². The molecule has 1 amide bonds. The Balaban J connectivity index is 1.96. The van der Waals surface area contributed by atoms with Gasteiger partial charge in [0.2, 0.25) is 0 Å². The van der Waals surface area contributed by atoms with E-state index in [2.05, 4.69) is 4.98 Å². The van der Waals surface area contributed by atoms with E-state index in [0.29, 0.717) is 24.4 Å². The summed E-state index contributed by atoms with van der Waals surface area (Å²) in [7, 11) is 0. The molecule has 0 bridgehead atoms. The molecule has 0 aliphatic heterocycles. The lowest BCUT2D eigenvalue weighted by Gasteiger charge is -2.21. The number of pyridine rings is 1. The fourth-order valence-corrected chi connectivity index (χ4v) is 2.24. The molecule has 7 nitrogen and oxygen atoms in total. The number of nitro groups is 1. The number of benzene rings is 1. The van der Waals surface area contributed by atoms with Crippen molar-refractivity contribution in [2.24, 2.45) is 0 Å². The van der Waals surface area contributed by atoms with Crippen LogP contribution in [0.2, 0.25) is 0 Å². The molecule has 2 aromatic rings. The Kier molecular flexibility index (Phi) is 5.83. The van der Waals surface area contributed by atoms with Gasteiger partial charge in [0.05, 0.1) is 4.92 Å². The van der Waals surface area contributed by atoms with Crippen LogP contribution in [0.25, 0.3) is 0 Å². The molecule has 0 atom stereocenters. The first-order chi connectivity index (χ1) is 11.5. The molecule has 0 aliphatic carbocycles. The SMILES string of the molecule is CCN(Cc1ccncc1)C(=O)COc1ccc([N+](=O)[O-])c(C)c1. The van der Waals surface area contributed by atoms with E-state index in [-0.39, 0.29) is 18.2 Å². The second-order valence-corrected chi connectivity index (χ2v) is 5.26. The third-order valence-corrected chi connectivity index (χ3v) is 3.58. The monoisotopic (exact) mass is 329 g/mol. The lowest BCUT2D eigenvalue weighted by Crippen LogP contribution is -2.34. The van der Waals surface area contributed by atoms with Gasteiger partial charge in [0.25, 0.3) is 11.6 Å². The van der Waals surface area contributed by atoms with Crippen molar-refractivity contribution in [3.05, 3.63) is 64.0 Å². The van der Waals surface area contributed by atoms with Gasteiger partial charge in [-0.05, 0) is 43.7 Å². The van der Waals surface area contributed by atoms with Crippen molar-refractivity contribution in [3.8, 4) is 5.75 Å². The molecule has 0 unspecified atom stereocenters. The van der Waals surface area contributed by atoms with Crippen LogP contribution >= 0.6 is 0 Å². The molecule has 24 heavy (non-hydrogen) atoms. The highest BCUT2D eigenvalue weighted by Crippen LogP contribution is 2.23. The number of likely N-dealkylation sites (N-methyl/N-ethyl adjacent to an activating group) is 1. The van der Waals surface area contributed by atoms with E-state index < -0.39 is 4.92 Å². The van der Waals surface area contributed by atoms with Gasteiger partial charge in [0.1, 0.15) is 5.75 Å². The van der Waals surface area contributed by atoms with E-state index in [1.165, 1.54) is 12.1 Å². The Morgan fingerprint density at radius 3 is 2.58 bits per heavy atom. The first-order valence-corrected chi connectivity index (χ1v) is 7.55. The number of hydrogen-bond donors (Lipinski definition) is 0. The first kappa shape index (κ1) is 17.4. The summed E-state index contributed by atoms with van der Waals surface area (Å²) in [5, 5.41) is 10.8. The summed E-state index contributed by atoms with van der Waals surface area (Å²) in [6, 6.07) is 8.15. The third-order valence-electron chi connectivity index (χ3n) is 3.58. The summed E-state index contributed by atoms with van der Waals surface area (Å²) >= 11 is 0.